The van der Waals surface area contributed by atoms with Crippen LogP contribution in [0.3, 0.4) is 0 Å². The number of aryl methyl sites for hydroxylation is 2. The molecule has 2 aromatic rings. The summed E-state index contributed by atoms with van der Waals surface area (Å²) < 4.78 is 3.74. The zero-order valence-corrected chi connectivity index (χ0v) is 11.8. The number of hydrogen-bond donors (Lipinski definition) is 2. The Labute approximate surface area is 113 Å². The highest BCUT2D eigenvalue weighted by Crippen LogP contribution is 2.27. The van der Waals surface area contributed by atoms with Crippen molar-refractivity contribution in [2.75, 3.05) is 17.6 Å². The molecule has 0 saturated heterocycles. The maximum absolute atomic E-state index is 6.12. The van der Waals surface area contributed by atoms with Crippen molar-refractivity contribution in [2.45, 2.75) is 32.7 Å². The minimum Gasteiger partial charge on any atom is -0.394 e. The van der Waals surface area contributed by atoms with Gasteiger partial charge in [0.25, 0.3) is 0 Å². The predicted octanol–water partition coefficient (Wildman–Crippen LogP) is 1.82. The number of aromatic nitrogens is 4. The first-order chi connectivity index (χ1) is 9.09. The Balaban J connectivity index is 1.89. The highest BCUT2D eigenvalue weighted by Gasteiger charge is 2.15. The topological polar surface area (TPSA) is 73.7 Å². The second kappa shape index (κ2) is 5.77. The van der Waals surface area contributed by atoms with Gasteiger partial charge >= 0.3 is 0 Å². The Kier molecular flexibility index (Phi) is 4.09. The molecular formula is C13H22N6. The van der Waals surface area contributed by atoms with E-state index < -0.39 is 0 Å². The van der Waals surface area contributed by atoms with Crippen LogP contribution in [-0.2, 0) is 13.6 Å². The summed E-state index contributed by atoms with van der Waals surface area (Å²) in [6.45, 7) is 5.94. The molecule has 0 saturated carbocycles. The lowest BCUT2D eigenvalue weighted by atomic mass is 10.1. The maximum Gasteiger partial charge on any atom is 0.147 e. The van der Waals surface area contributed by atoms with Gasteiger partial charge in [-0.15, -0.1) is 0 Å². The van der Waals surface area contributed by atoms with E-state index in [2.05, 4.69) is 29.4 Å². The molecule has 0 aliphatic carbocycles. The molecule has 0 spiro atoms. The van der Waals surface area contributed by atoms with Crippen molar-refractivity contribution in [3.8, 4) is 0 Å². The van der Waals surface area contributed by atoms with Crippen molar-refractivity contribution in [3.63, 3.8) is 0 Å². The van der Waals surface area contributed by atoms with Crippen LogP contribution in [0.2, 0.25) is 0 Å². The number of nitrogens with two attached hydrogens (primary N) is 1. The van der Waals surface area contributed by atoms with Gasteiger partial charge in [0.2, 0.25) is 0 Å². The SMILES string of the molecule is CC(C)c1nn(C)c(NCCCn2cccn2)c1N. The summed E-state index contributed by atoms with van der Waals surface area (Å²) in [6.07, 6.45) is 4.75. The van der Waals surface area contributed by atoms with Gasteiger partial charge in [-0.3, -0.25) is 9.36 Å². The van der Waals surface area contributed by atoms with E-state index in [1.807, 2.05) is 28.7 Å². The minimum atomic E-state index is 0.339. The van der Waals surface area contributed by atoms with E-state index in [4.69, 9.17) is 5.73 Å². The number of anilines is 2. The van der Waals surface area contributed by atoms with E-state index in [9.17, 15) is 0 Å². The molecule has 6 heteroatoms. The Morgan fingerprint density at radius 1 is 1.42 bits per heavy atom. The molecule has 0 aromatic carbocycles. The van der Waals surface area contributed by atoms with Crippen LogP contribution in [0.4, 0.5) is 11.5 Å². The van der Waals surface area contributed by atoms with Crippen molar-refractivity contribution < 1.29 is 0 Å². The van der Waals surface area contributed by atoms with E-state index in [-0.39, 0.29) is 0 Å². The lowest BCUT2D eigenvalue weighted by Gasteiger charge is -2.08. The lowest BCUT2D eigenvalue weighted by Crippen LogP contribution is -2.10. The molecule has 0 atom stereocenters. The molecule has 2 heterocycles. The van der Waals surface area contributed by atoms with Crippen molar-refractivity contribution in [2.24, 2.45) is 7.05 Å². The third-order valence-electron chi connectivity index (χ3n) is 3.07. The van der Waals surface area contributed by atoms with Crippen LogP contribution in [0, 0.1) is 0 Å². The summed E-state index contributed by atoms with van der Waals surface area (Å²) in [4.78, 5) is 0. The van der Waals surface area contributed by atoms with Crippen LogP contribution in [0.5, 0.6) is 0 Å². The second-order valence-corrected chi connectivity index (χ2v) is 4.98. The van der Waals surface area contributed by atoms with Gasteiger partial charge in [-0.05, 0) is 18.4 Å². The molecule has 0 fully saturated rings. The average Bonchev–Trinajstić information content (AvgIpc) is 2.96. The quantitative estimate of drug-likeness (QED) is 0.779. The van der Waals surface area contributed by atoms with E-state index in [0.29, 0.717) is 5.92 Å². The fraction of sp³-hybridized carbons (Fsp3) is 0.538. The van der Waals surface area contributed by atoms with E-state index in [0.717, 1.165) is 36.7 Å². The van der Waals surface area contributed by atoms with Crippen LogP contribution >= 0.6 is 0 Å². The Morgan fingerprint density at radius 3 is 2.79 bits per heavy atom. The van der Waals surface area contributed by atoms with Crippen molar-refractivity contribution in [1.29, 1.82) is 0 Å². The van der Waals surface area contributed by atoms with Gasteiger partial charge in [-0.25, -0.2) is 0 Å². The van der Waals surface area contributed by atoms with Gasteiger partial charge in [-0.2, -0.15) is 10.2 Å². The molecule has 2 aromatic heterocycles. The molecule has 0 amide bonds. The molecular weight excluding hydrogens is 240 g/mol. The molecule has 19 heavy (non-hydrogen) atoms. The Bertz CT molecular complexity index is 511. The summed E-state index contributed by atoms with van der Waals surface area (Å²) in [7, 11) is 1.91. The molecule has 0 aliphatic heterocycles. The first-order valence-corrected chi connectivity index (χ1v) is 6.63. The summed E-state index contributed by atoms with van der Waals surface area (Å²) in [5.41, 5.74) is 7.83. The summed E-state index contributed by atoms with van der Waals surface area (Å²) in [5.74, 6) is 1.25. The molecule has 104 valence electrons. The molecule has 0 radical (unpaired) electrons. The first kappa shape index (κ1) is 13.5. The molecule has 0 bridgehead atoms. The normalized spacial score (nSPS) is 11.2. The van der Waals surface area contributed by atoms with Gasteiger partial charge in [0.05, 0.1) is 11.4 Å². The van der Waals surface area contributed by atoms with Gasteiger partial charge in [0, 0.05) is 32.5 Å². The summed E-state index contributed by atoms with van der Waals surface area (Å²) >= 11 is 0. The molecule has 0 unspecified atom stereocenters. The van der Waals surface area contributed by atoms with E-state index in [1.54, 1.807) is 6.20 Å². The second-order valence-electron chi connectivity index (χ2n) is 4.98. The number of nitrogens with zero attached hydrogens (tertiary/aromatic N) is 4. The van der Waals surface area contributed by atoms with Gasteiger partial charge in [-0.1, -0.05) is 13.8 Å². The number of hydrogen-bond acceptors (Lipinski definition) is 4. The fourth-order valence-electron chi connectivity index (χ4n) is 2.08. The summed E-state index contributed by atoms with van der Waals surface area (Å²) in [5, 5.41) is 12.0. The third kappa shape index (κ3) is 3.07. The predicted molar refractivity (Wildman–Crippen MR) is 77.0 cm³/mol. The van der Waals surface area contributed by atoms with E-state index in [1.165, 1.54) is 0 Å². The zero-order chi connectivity index (χ0) is 13.8. The number of nitrogen functional groups attached to an aromatic ring is 1. The third-order valence-corrected chi connectivity index (χ3v) is 3.07. The van der Waals surface area contributed by atoms with Gasteiger partial charge in [0.1, 0.15) is 5.82 Å². The average molecular weight is 262 g/mol. The van der Waals surface area contributed by atoms with Crippen molar-refractivity contribution in [3.05, 3.63) is 24.2 Å². The number of nitrogens with one attached hydrogen (secondary N) is 1. The highest BCUT2D eigenvalue weighted by molar-refractivity contribution is 5.65. The summed E-state index contributed by atoms with van der Waals surface area (Å²) in [6, 6.07) is 1.93. The smallest absolute Gasteiger partial charge is 0.147 e. The van der Waals surface area contributed by atoms with Crippen LogP contribution in [-0.4, -0.2) is 26.1 Å². The Morgan fingerprint density at radius 2 is 2.21 bits per heavy atom. The highest BCUT2D eigenvalue weighted by atomic mass is 15.3. The largest absolute Gasteiger partial charge is 0.394 e. The van der Waals surface area contributed by atoms with Crippen LogP contribution < -0.4 is 11.1 Å². The van der Waals surface area contributed by atoms with Gasteiger partial charge in [0.15, 0.2) is 0 Å². The molecule has 2 rings (SSSR count). The lowest BCUT2D eigenvalue weighted by molar-refractivity contribution is 0.590. The van der Waals surface area contributed by atoms with Crippen molar-refractivity contribution in [1.82, 2.24) is 19.6 Å². The molecule has 3 N–H and O–H groups in total. The standard InChI is InChI=1S/C13H22N6/c1-10(2)12-11(14)13(18(3)17-12)15-6-4-8-19-9-5-7-16-19/h5,7,9-10,15H,4,6,8,14H2,1-3H3. The minimum absolute atomic E-state index is 0.339. The first-order valence-electron chi connectivity index (χ1n) is 6.63. The fourth-order valence-corrected chi connectivity index (χ4v) is 2.08. The molecule has 0 aliphatic rings. The molecule has 6 nitrogen and oxygen atoms in total. The van der Waals surface area contributed by atoms with E-state index >= 15 is 0 Å². The van der Waals surface area contributed by atoms with Crippen LogP contribution in [0.1, 0.15) is 31.9 Å². The van der Waals surface area contributed by atoms with Crippen LogP contribution in [0.25, 0.3) is 0 Å². The number of rotatable bonds is 6. The maximum atomic E-state index is 6.12. The Hall–Kier alpha value is -1.98. The van der Waals surface area contributed by atoms with Crippen LogP contribution in [0.15, 0.2) is 18.5 Å². The zero-order valence-electron chi connectivity index (χ0n) is 11.8. The van der Waals surface area contributed by atoms with Crippen molar-refractivity contribution >= 4 is 11.5 Å². The monoisotopic (exact) mass is 262 g/mol. The van der Waals surface area contributed by atoms with Gasteiger partial charge < -0.3 is 11.1 Å².